The summed E-state index contributed by atoms with van der Waals surface area (Å²) in [6, 6.07) is 12.2. The highest BCUT2D eigenvalue weighted by Gasteiger charge is 2.27. The number of nitrogens with one attached hydrogen (secondary N) is 1. The van der Waals surface area contributed by atoms with Crippen molar-refractivity contribution in [2.45, 2.75) is 6.10 Å². The molecule has 0 aliphatic carbocycles. The van der Waals surface area contributed by atoms with Crippen LogP contribution in [0.25, 0.3) is 0 Å². The first-order valence-electron chi connectivity index (χ1n) is 8.12. The van der Waals surface area contributed by atoms with Gasteiger partial charge in [-0.05, 0) is 17.7 Å². The zero-order valence-electron chi connectivity index (χ0n) is 14.1. The highest BCUT2D eigenvalue weighted by Crippen LogP contribution is 2.33. The Bertz CT molecular complexity index is 843. The number of amides is 1. The molecule has 0 bridgehead atoms. The van der Waals surface area contributed by atoms with Gasteiger partial charge < -0.3 is 15.0 Å². The summed E-state index contributed by atoms with van der Waals surface area (Å²) >= 11 is 3.54. The smallest absolute Gasteiger partial charge is 0.270 e. The second-order valence-corrected chi connectivity index (χ2v) is 6.72. The molecule has 0 saturated carbocycles. The lowest BCUT2D eigenvalue weighted by Crippen LogP contribution is -2.39. The Hall–Kier alpha value is -2.45. The van der Waals surface area contributed by atoms with Crippen molar-refractivity contribution in [1.29, 1.82) is 0 Å². The van der Waals surface area contributed by atoms with Gasteiger partial charge in [0.2, 0.25) is 0 Å². The number of nitrogens with zero attached hydrogens (tertiary/aromatic N) is 2. The Kier molecular flexibility index (Phi) is 5.53. The van der Waals surface area contributed by atoms with Gasteiger partial charge in [-0.25, -0.2) is 0 Å². The van der Waals surface area contributed by atoms with Gasteiger partial charge in [-0.2, -0.15) is 0 Å². The molecule has 2 aromatic rings. The van der Waals surface area contributed by atoms with Crippen molar-refractivity contribution < 1.29 is 14.5 Å². The zero-order valence-corrected chi connectivity index (χ0v) is 15.7. The number of rotatable bonds is 4. The van der Waals surface area contributed by atoms with Gasteiger partial charge in [0.05, 0.1) is 22.8 Å². The van der Waals surface area contributed by atoms with Gasteiger partial charge in [-0.15, -0.1) is 0 Å². The van der Waals surface area contributed by atoms with E-state index in [0.29, 0.717) is 25.4 Å². The summed E-state index contributed by atoms with van der Waals surface area (Å²) in [5.74, 6) is -0.354. The van der Waals surface area contributed by atoms with Crippen molar-refractivity contribution in [3.05, 3.63) is 68.2 Å². The summed E-state index contributed by atoms with van der Waals surface area (Å²) in [7, 11) is 1.51. The van der Waals surface area contributed by atoms with Gasteiger partial charge in [-0.3, -0.25) is 14.9 Å². The number of hydrogen-bond donors (Lipinski definition) is 1. The van der Waals surface area contributed by atoms with Crippen LogP contribution in [0.15, 0.2) is 46.9 Å². The molecule has 8 heteroatoms. The van der Waals surface area contributed by atoms with Crippen LogP contribution < -0.4 is 10.2 Å². The average Bonchev–Trinajstić information content (AvgIpc) is 2.67. The van der Waals surface area contributed by atoms with Crippen molar-refractivity contribution >= 4 is 33.2 Å². The van der Waals surface area contributed by atoms with Crippen molar-refractivity contribution in [1.82, 2.24) is 5.32 Å². The van der Waals surface area contributed by atoms with Gasteiger partial charge in [-0.1, -0.05) is 34.1 Å². The first-order valence-corrected chi connectivity index (χ1v) is 8.92. The first kappa shape index (κ1) is 18.3. The molecule has 0 aromatic heterocycles. The maximum atomic E-state index is 12.3. The normalized spacial score (nSPS) is 17.0. The maximum Gasteiger partial charge on any atom is 0.270 e. The van der Waals surface area contributed by atoms with E-state index in [1.54, 1.807) is 6.07 Å². The minimum atomic E-state index is -0.501. The lowest BCUT2D eigenvalue weighted by atomic mass is 10.1. The summed E-state index contributed by atoms with van der Waals surface area (Å²) < 4.78 is 6.87. The number of morpholine rings is 1. The van der Waals surface area contributed by atoms with Crippen molar-refractivity contribution in [3.63, 3.8) is 0 Å². The van der Waals surface area contributed by atoms with E-state index in [0.717, 1.165) is 10.0 Å². The van der Waals surface area contributed by atoms with Crippen LogP contribution in [0.5, 0.6) is 0 Å². The number of nitro benzene ring substituents is 1. The van der Waals surface area contributed by atoms with Crippen molar-refractivity contribution in [2.75, 3.05) is 31.6 Å². The van der Waals surface area contributed by atoms with Gasteiger partial charge >= 0.3 is 0 Å². The number of halogens is 1. The molecule has 1 N–H and O–H groups in total. The summed E-state index contributed by atoms with van der Waals surface area (Å²) in [5.41, 5.74) is 1.87. The van der Waals surface area contributed by atoms with E-state index in [2.05, 4.69) is 21.2 Å². The lowest BCUT2D eigenvalue weighted by molar-refractivity contribution is -0.384. The standard InChI is InChI=1S/C18H18BrN3O4/c1-20-18(23)14-10-12(22(24)25)6-7-16(14)21-8-9-26-17(11-21)13-4-2-3-5-15(13)19/h2-7,10,17H,8-9,11H2,1H3,(H,20,23). The largest absolute Gasteiger partial charge is 0.370 e. The number of ether oxygens (including phenoxy) is 1. The van der Waals surface area contributed by atoms with Crippen LogP contribution in [0.2, 0.25) is 0 Å². The Morgan fingerprint density at radius 1 is 1.35 bits per heavy atom. The van der Waals surface area contributed by atoms with Gasteiger partial charge in [0.25, 0.3) is 11.6 Å². The van der Waals surface area contributed by atoms with E-state index in [-0.39, 0.29) is 23.3 Å². The third kappa shape index (κ3) is 3.71. The average molecular weight is 420 g/mol. The Morgan fingerprint density at radius 3 is 2.81 bits per heavy atom. The minimum absolute atomic E-state index is 0.108. The fourth-order valence-electron chi connectivity index (χ4n) is 3.02. The van der Waals surface area contributed by atoms with E-state index >= 15 is 0 Å². The Morgan fingerprint density at radius 2 is 2.12 bits per heavy atom. The monoisotopic (exact) mass is 419 g/mol. The summed E-state index contributed by atoms with van der Waals surface area (Å²) in [4.78, 5) is 24.8. The van der Waals surface area contributed by atoms with E-state index in [1.807, 2.05) is 29.2 Å². The second-order valence-electron chi connectivity index (χ2n) is 5.86. The molecule has 7 nitrogen and oxygen atoms in total. The van der Waals surface area contributed by atoms with E-state index in [1.165, 1.54) is 19.2 Å². The summed E-state index contributed by atoms with van der Waals surface area (Å²) in [6.07, 6.45) is -0.160. The number of non-ortho nitro benzene ring substituents is 1. The molecular formula is C18H18BrN3O4. The van der Waals surface area contributed by atoms with Crippen LogP contribution in [-0.2, 0) is 4.74 Å². The predicted octanol–water partition coefficient (Wildman–Crippen LogP) is 3.29. The number of carbonyl (C=O) groups excluding carboxylic acids is 1. The molecule has 1 unspecified atom stereocenters. The van der Waals surface area contributed by atoms with E-state index in [9.17, 15) is 14.9 Å². The number of anilines is 1. The van der Waals surface area contributed by atoms with E-state index < -0.39 is 4.92 Å². The van der Waals surface area contributed by atoms with Crippen LogP contribution in [0.1, 0.15) is 22.0 Å². The van der Waals surface area contributed by atoms with Crippen LogP contribution in [0.3, 0.4) is 0 Å². The molecule has 0 spiro atoms. The molecule has 1 atom stereocenters. The fourth-order valence-corrected chi connectivity index (χ4v) is 3.56. The molecule has 2 aromatic carbocycles. The number of carbonyl (C=O) groups is 1. The first-order chi connectivity index (χ1) is 12.5. The summed E-state index contributed by atoms with van der Waals surface area (Å²) in [5, 5.41) is 13.6. The van der Waals surface area contributed by atoms with Gasteiger partial charge in [0.15, 0.2) is 0 Å². The zero-order chi connectivity index (χ0) is 18.7. The third-order valence-electron chi connectivity index (χ3n) is 4.32. The maximum absolute atomic E-state index is 12.3. The molecule has 1 saturated heterocycles. The van der Waals surface area contributed by atoms with Crippen LogP contribution >= 0.6 is 15.9 Å². The van der Waals surface area contributed by atoms with E-state index in [4.69, 9.17) is 4.74 Å². The SMILES string of the molecule is CNC(=O)c1cc([N+](=O)[O-])ccc1N1CCOC(c2ccccc2Br)C1. The Labute approximate surface area is 159 Å². The topological polar surface area (TPSA) is 84.7 Å². The van der Waals surface area contributed by atoms with Crippen LogP contribution in [0.4, 0.5) is 11.4 Å². The lowest BCUT2D eigenvalue weighted by Gasteiger charge is -2.35. The second kappa shape index (κ2) is 7.84. The van der Waals surface area contributed by atoms with Crippen LogP contribution in [0, 0.1) is 10.1 Å². The molecule has 1 aliphatic rings. The van der Waals surface area contributed by atoms with Gasteiger partial charge in [0.1, 0.15) is 6.10 Å². The molecule has 1 heterocycles. The minimum Gasteiger partial charge on any atom is -0.370 e. The number of benzene rings is 2. The third-order valence-corrected chi connectivity index (χ3v) is 5.04. The van der Waals surface area contributed by atoms with Crippen LogP contribution in [-0.4, -0.2) is 37.6 Å². The molecule has 1 fully saturated rings. The van der Waals surface area contributed by atoms with Crippen molar-refractivity contribution in [3.8, 4) is 0 Å². The predicted molar refractivity (Wildman–Crippen MR) is 102 cm³/mol. The quantitative estimate of drug-likeness (QED) is 0.606. The number of nitro groups is 1. The molecular weight excluding hydrogens is 402 g/mol. The molecule has 136 valence electrons. The van der Waals surface area contributed by atoms with Gasteiger partial charge in [0, 0.05) is 36.7 Å². The molecule has 1 amide bonds. The molecule has 3 rings (SSSR count). The number of hydrogen-bond acceptors (Lipinski definition) is 5. The highest BCUT2D eigenvalue weighted by atomic mass is 79.9. The van der Waals surface area contributed by atoms with Crippen molar-refractivity contribution in [2.24, 2.45) is 0 Å². The molecule has 1 aliphatic heterocycles. The highest BCUT2D eigenvalue weighted by molar-refractivity contribution is 9.10. The summed E-state index contributed by atoms with van der Waals surface area (Å²) in [6.45, 7) is 1.64. The fraction of sp³-hybridized carbons (Fsp3) is 0.278. The Balaban J connectivity index is 1.94. The molecule has 26 heavy (non-hydrogen) atoms. The molecule has 0 radical (unpaired) electrons.